The summed E-state index contributed by atoms with van der Waals surface area (Å²) in [5, 5.41) is 13.1. The van der Waals surface area contributed by atoms with Gasteiger partial charge in [0.05, 0.1) is 46.8 Å². The van der Waals surface area contributed by atoms with Gasteiger partial charge in [-0.2, -0.15) is 18.4 Å². The molecule has 5 rings (SSSR count). The van der Waals surface area contributed by atoms with Gasteiger partial charge in [0.1, 0.15) is 6.54 Å². The van der Waals surface area contributed by atoms with Crippen LogP contribution < -0.4 is 5.32 Å². The summed E-state index contributed by atoms with van der Waals surface area (Å²) in [6.45, 7) is 7.42. The maximum atomic E-state index is 13.7. The van der Waals surface area contributed by atoms with Crippen molar-refractivity contribution < 1.29 is 13.2 Å². The van der Waals surface area contributed by atoms with Gasteiger partial charge in [0.15, 0.2) is 5.15 Å². The van der Waals surface area contributed by atoms with Gasteiger partial charge in [-0.3, -0.25) is 9.88 Å². The summed E-state index contributed by atoms with van der Waals surface area (Å²) in [6.07, 6.45) is 3.57. The molecule has 3 aromatic heterocycles. The topological polar surface area (TPSA) is 73.0 Å². The molecule has 0 radical (unpaired) electrons. The van der Waals surface area contributed by atoms with Gasteiger partial charge in [-0.25, -0.2) is 4.98 Å². The third kappa shape index (κ3) is 7.00. The lowest BCUT2D eigenvalue weighted by Crippen LogP contribution is -2.43. The Hall–Kier alpha value is -3.31. The zero-order chi connectivity index (χ0) is 29.9. The molecule has 2 aliphatic heterocycles. The van der Waals surface area contributed by atoms with Crippen molar-refractivity contribution in [1.29, 1.82) is 5.26 Å². The van der Waals surface area contributed by atoms with Crippen molar-refractivity contribution in [3.05, 3.63) is 52.7 Å². The SMILES string of the molecule is CC(C)(C#N)c1ccc(NCC#Cc2cc3c(CN4CCC(N5CCCC5)CC4)cnc(Cl)c3n2CC(F)(F)F)cn1. The maximum absolute atomic E-state index is 13.7. The van der Waals surface area contributed by atoms with Crippen molar-refractivity contribution in [2.24, 2.45) is 0 Å². The fourth-order valence-corrected chi connectivity index (χ4v) is 6.10. The number of pyridine rings is 2. The van der Waals surface area contributed by atoms with E-state index in [1.165, 1.54) is 25.9 Å². The van der Waals surface area contributed by atoms with Crippen LogP contribution >= 0.6 is 11.6 Å². The quantitative estimate of drug-likeness (QED) is 0.267. The van der Waals surface area contributed by atoms with E-state index in [-0.39, 0.29) is 22.9 Å². The molecule has 7 nitrogen and oxygen atoms in total. The summed E-state index contributed by atoms with van der Waals surface area (Å²) in [7, 11) is 0. The molecule has 222 valence electrons. The number of fused-ring (bicyclic) bond motifs is 1. The van der Waals surface area contributed by atoms with E-state index < -0.39 is 18.1 Å². The minimum atomic E-state index is -4.46. The van der Waals surface area contributed by atoms with Crippen LogP contribution in [-0.4, -0.2) is 69.3 Å². The Morgan fingerprint density at radius 1 is 1.07 bits per heavy atom. The summed E-state index contributed by atoms with van der Waals surface area (Å²) < 4.78 is 42.1. The number of nitrogens with zero attached hydrogens (tertiary/aromatic N) is 6. The van der Waals surface area contributed by atoms with E-state index in [4.69, 9.17) is 11.6 Å². The predicted molar refractivity (Wildman–Crippen MR) is 158 cm³/mol. The Kier molecular flexibility index (Phi) is 8.98. The molecule has 2 fully saturated rings. The highest BCUT2D eigenvalue weighted by Gasteiger charge is 2.31. The molecule has 0 spiro atoms. The molecule has 0 bridgehead atoms. The van der Waals surface area contributed by atoms with E-state index in [0.717, 1.165) is 36.1 Å². The Bertz CT molecular complexity index is 1500. The molecular weight excluding hydrogens is 563 g/mol. The van der Waals surface area contributed by atoms with Crippen LogP contribution in [0.1, 0.15) is 56.5 Å². The van der Waals surface area contributed by atoms with Crippen molar-refractivity contribution in [2.75, 3.05) is 38.0 Å². The van der Waals surface area contributed by atoms with Gasteiger partial charge in [-0.15, -0.1) is 0 Å². The minimum absolute atomic E-state index is 0.0309. The molecule has 11 heteroatoms. The number of hydrogen-bond donors (Lipinski definition) is 1. The summed E-state index contributed by atoms with van der Waals surface area (Å²) in [5.41, 5.74) is 1.98. The maximum Gasteiger partial charge on any atom is 0.406 e. The van der Waals surface area contributed by atoms with Crippen molar-refractivity contribution in [3.8, 4) is 17.9 Å². The summed E-state index contributed by atoms with van der Waals surface area (Å²) >= 11 is 6.40. The van der Waals surface area contributed by atoms with Crippen LogP contribution in [0, 0.1) is 23.2 Å². The van der Waals surface area contributed by atoms with Gasteiger partial charge in [-0.05, 0) is 95.4 Å². The van der Waals surface area contributed by atoms with Crippen LogP contribution in [0.5, 0.6) is 0 Å². The number of aromatic nitrogens is 3. The predicted octanol–water partition coefficient (Wildman–Crippen LogP) is 5.97. The Morgan fingerprint density at radius 2 is 1.81 bits per heavy atom. The van der Waals surface area contributed by atoms with Gasteiger partial charge >= 0.3 is 6.18 Å². The first-order chi connectivity index (χ1) is 20.0. The zero-order valence-corrected chi connectivity index (χ0v) is 24.7. The number of rotatable bonds is 7. The number of likely N-dealkylation sites (tertiary alicyclic amines) is 2. The number of anilines is 1. The van der Waals surface area contributed by atoms with Gasteiger partial charge in [-0.1, -0.05) is 17.5 Å². The molecule has 2 aliphatic rings. The third-order valence-corrected chi connectivity index (χ3v) is 8.47. The minimum Gasteiger partial charge on any atom is -0.373 e. The summed E-state index contributed by atoms with van der Waals surface area (Å²) in [4.78, 5) is 13.6. The second-order valence-electron chi connectivity index (χ2n) is 11.6. The van der Waals surface area contributed by atoms with E-state index in [1.807, 2.05) is 0 Å². The Morgan fingerprint density at radius 3 is 2.45 bits per heavy atom. The van der Waals surface area contributed by atoms with Crippen molar-refractivity contribution in [1.82, 2.24) is 24.3 Å². The average Bonchev–Trinajstić information content (AvgIpc) is 3.62. The number of halogens is 4. The van der Waals surface area contributed by atoms with Crippen molar-refractivity contribution >= 4 is 28.2 Å². The van der Waals surface area contributed by atoms with Crippen molar-refractivity contribution in [3.63, 3.8) is 0 Å². The molecular formula is C31H35ClF3N7. The standard InChI is InChI=1S/C31H35ClF3N7/c1-30(2,20-36)27-8-7-23(18-38-27)37-11-5-6-25-16-26-22(17-39-29(32)28(26)42(25)21-31(33,34)35)19-40-14-9-24(10-15-40)41-12-3-4-13-41/h7-8,16-18,24,37H,3-4,9-15,19,21H2,1-2H3. The van der Waals surface area contributed by atoms with Crippen LogP contribution in [0.15, 0.2) is 30.6 Å². The highest BCUT2D eigenvalue weighted by atomic mass is 35.5. The van der Waals surface area contributed by atoms with Crippen LogP contribution in [0.2, 0.25) is 5.15 Å². The lowest BCUT2D eigenvalue weighted by molar-refractivity contribution is -0.140. The zero-order valence-electron chi connectivity index (χ0n) is 23.9. The first kappa shape index (κ1) is 30.2. The molecule has 0 unspecified atom stereocenters. The lowest BCUT2D eigenvalue weighted by Gasteiger charge is -2.36. The van der Waals surface area contributed by atoms with Gasteiger partial charge in [0.25, 0.3) is 0 Å². The molecule has 42 heavy (non-hydrogen) atoms. The third-order valence-electron chi connectivity index (χ3n) is 8.20. The fourth-order valence-electron chi connectivity index (χ4n) is 5.85. The Balaban J connectivity index is 1.34. The van der Waals surface area contributed by atoms with E-state index >= 15 is 0 Å². The molecule has 2 saturated heterocycles. The Labute approximate surface area is 249 Å². The molecule has 0 aliphatic carbocycles. The fraction of sp³-hybridized carbons (Fsp3) is 0.516. The molecule has 5 heterocycles. The largest absolute Gasteiger partial charge is 0.406 e. The molecule has 0 saturated carbocycles. The van der Waals surface area contributed by atoms with E-state index in [2.05, 4.69) is 43.0 Å². The summed E-state index contributed by atoms with van der Waals surface area (Å²) in [6, 6.07) is 8.11. The highest BCUT2D eigenvalue weighted by Crippen LogP contribution is 2.32. The van der Waals surface area contributed by atoms with Crippen LogP contribution in [0.4, 0.5) is 18.9 Å². The normalized spacial score (nSPS) is 17.3. The number of hydrogen-bond acceptors (Lipinski definition) is 6. The first-order valence-corrected chi connectivity index (χ1v) is 14.7. The highest BCUT2D eigenvalue weighted by molar-refractivity contribution is 6.34. The monoisotopic (exact) mass is 597 g/mol. The van der Waals surface area contributed by atoms with Crippen LogP contribution in [0.3, 0.4) is 0 Å². The van der Waals surface area contributed by atoms with Crippen molar-refractivity contribution in [2.45, 2.75) is 70.3 Å². The van der Waals surface area contributed by atoms with E-state index in [0.29, 0.717) is 29.4 Å². The number of nitrogens with one attached hydrogen (secondary N) is 1. The number of piperidine rings is 1. The molecule has 0 amide bonds. The van der Waals surface area contributed by atoms with Crippen LogP contribution in [0.25, 0.3) is 10.9 Å². The lowest BCUT2D eigenvalue weighted by atomic mass is 9.91. The molecule has 3 aromatic rings. The number of nitriles is 1. The first-order valence-electron chi connectivity index (χ1n) is 14.3. The van der Waals surface area contributed by atoms with E-state index in [9.17, 15) is 18.4 Å². The summed E-state index contributed by atoms with van der Waals surface area (Å²) in [5.74, 6) is 5.85. The van der Waals surface area contributed by atoms with Gasteiger partial charge in [0, 0.05) is 24.2 Å². The average molecular weight is 598 g/mol. The smallest absolute Gasteiger partial charge is 0.373 e. The van der Waals surface area contributed by atoms with Crippen LogP contribution in [-0.2, 0) is 18.5 Å². The van der Waals surface area contributed by atoms with Gasteiger partial charge in [0.2, 0.25) is 0 Å². The van der Waals surface area contributed by atoms with E-state index in [1.54, 1.807) is 44.4 Å². The molecule has 0 atom stereocenters. The second kappa shape index (κ2) is 12.5. The molecule has 0 aromatic carbocycles. The number of alkyl halides is 3. The second-order valence-corrected chi connectivity index (χ2v) is 12.0. The molecule has 1 N–H and O–H groups in total. The van der Waals surface area contributed by atoms with Gasteiger partial charge < -0.3 is 14.8 Å².